The van der Waals surface area contributed by atoms with Gasteiger partial charge in [0.05, 0.1) is 0 Å². The summed E-state index contributed by atoms with van der Waals surface area (Å²) < 4.78 is 0. The number of hydrogen-bond acceptors (Lipinski definition) is 5. The standard InChI is InChI=1S/C13H17N5OS.2ClH/c1-9(6-14)17-12(19)11-4-2-10(3-5-11)7-20-13-15-8-16-18-13;;/h2-5,8-9H,6-7,14H2,1H3,(H,17,19)(H,15,16,18);2*1H/t9-;;/m0../s1. The predicted molar refractivity (Wildman–Crippen MR) is 92.9 cm³/mol. The summed E-state index contributed by atoms with van der Waals surface area (Å²) in [7, 11) is 0. The molecule has 0 aliphatic rings. The summed E-state index contributed by atoms with van der Waals surface area (Å²) in [6, 6.07) is 7.48. The molecule has 22 heavy (non-hydrogen) atoms. The van der Waals surface area contributed by atoms with E-state index in [0.717, 1.165) is 16.5 Å². The van der Waals surface area contributed by atoms with Gasteiger partial charge >= 0.3 is 0 Å². The van der Waals surface area contributed by atoms with Gasteiger partial charge in [0.25, 0.3) is 5.91 Å². The molecule has 2 rings (SSSR count). The van der Waals surface area contributed by atoms with Crippen LogP contribution < -0.4 is 11.1 Å². The lowest BCUT2D eigenvalue weighted by atomic mass is 10.1. The minimum absolute atomic E-state index is 0. The zero-order valence-corrected chi connectivity index (χ0v) is 14.4. The highest BCUT2D eigenvalue weighted by molar-refractivity contribution is 7.98. The van der Waals surface area contributed by atoms with Crippen molar-refractivity contribution in [3.05, 3.63) is 41.7 Å². The number of nitrogens with one attached hydrogen (secondary N) is 2. The molecule has 122 valence electrons. The molecule has 0 aliphatic carbocycles. The summed E-state index contributed by atoms with van der Waals surface area (Å²) in [6.45, 7) is 2.30. The van der Waals surface area contributed by atoms with E-state index in [1.54, 1.807) is 11.8 Å². The van der Waals surface area contributed by atoms with E-state index < -0.39 is 0 Å². The second-order valence-corrected chi connectivity index (χ2v) is 5.35. The molecule has 0 saturated heterocycles. The molecule has 1 heterocycles. The number of aromatic amines is 1. The van der Waals surface area contributed by atoms with Crippen molar-refractivity contribution in [2.75, 3.05) is 6.54 Å². The molecule has 1 aromatic heterocycles. The van der Waals surface area contributed by atoms with Gasteiger partial charge in [0.15, 0.2) is 5.16 Å². The van der Waals surface area contributed by atoms with Crippen LogP contribution in [0.25, 0.3) is 0 Å². The molecule has 6 nitrogen and oxygen atoms in total. The number of H-pyrrole nitrogens is 1. The van der Waals surface area contributed by atoms with Gasteiger partial charge in [-0.05, 0) is 24.6 Å². The van der Waals surface area contributed by atoms with E-state index in [9.17, 15) is 4.79 Å². The highest BCUT2D eigenvalue weighted by atomic mass is 35.5. The van der Waals surface area contributed by atoms with Gasteiger partial charge in [-0.25, -0.2) is 4.98 Å². The largest absolute Gasteiger partial charge is 0.348 e. The highest BCUT2D eigenvalue weighted by Crippen LogP contribution is 2.18. The molecule has 2 aromatic rings. The lowest BCUT2D eigenvalue weighted by Crippen LogP contribution is -2.37. The Bertz CT molecular complexity index is 550. The third-order valence-electron chi connectivity index (χ3n) is 2.72. The number of carbonyl (C=O) groups excluding carboxylic acids is 1. The SMILES string of the molecule is C[C@@H](CN)NC(=O)c1ccc(CSc2ncn[nH]2)cc1.Cl.Cl. The van der Waals surface area contributed by atoms with Crippen molar-refractivity contribution < 1.29 is 4.79 Å². The number of nitrogens with zero attached hydrogens (tertiary/aromatic N) is 2. The molecule has 0 fully saturated rings. The summed E-state index contributed by atoms with van der Waals surface area (Å²) in [5, 5.41) is 10.2. The maximum absolute atomic E-state index is 11.9. The second-order valence-electron chi connectivity index (χ2n) is 4.39. The van der Waals surface area contributed by atoms with Gasteiger partial charge in [-0.3, -0.25) is 9.89 Å². The first-order valence-corrected chi connectivity index (χ1v) is 7.25. The number of nitrogens with two attached hydrogens (primary N) is 1. The van der Waals surface area contributed by atoms with Gasteiger partial charge in [-0.1, -0.05) is 23.9 Å². The Labute approximate surface area is 145 Å². The summed E-state index contributed by atoms with van der Waals surface area (Å²) in [5.41, 5.74) is 7.23. The number of aromatic nitrogens is 3. The van der Waals surface area contributed by atoms with Crippen LogP contribution >= 0.6 is 36.6 Å². The lowest BCUT2D eigenvalue weighted by molar-refractivity contribution is 0.0941. The van der Waals surface area contributed by atoms with Crippen LogP contribution in [0.1, 0.15) is 22.8 Å². The first-order valence-electron chi connectivity index (χ1n) is 6.27. The van der Waals surface area contributed by atoms with Gasteiger partial charge < -0.3 is 11.1 Å². The molecular formula is C13H19Cl2N5OS. The first-order chi connectivity index (χ1) is 9.69. The molecule has 1 aromatic carbocycles. The minimum Gasteiger partial charge on any atom is -0.348 e. The minimum atomic E-state index is -0.0996. The average Bonchev–Trinajstić information content (AvgIpc) is 2.98. The van der Waals surface area contributed by atoms with Crippen molar-refractivity contribution >= 4 is 42.5 Å². The summed E-state index contributed by atoms with van der Waals surface area (Å²) in [5.74, 6) is 0.674. The van der Waals surface area contributed by atoms with Crippen molar-refractivity contribution in [1.29, 1.82) is 0 Å². The molecule has 9 heteroatoms. The monoisotopic (exact) mass is 363 g/mol. The van der Waals surface area contributed by atoms with Gasteiger partial charge in [-0.2, -0.15) is 5.10 Å². The van der Waals surface area contributed by atoms with E-state index in [-0.39, 0.29) is 36.8 Å². The van der Waals surface area contributed by atoms with Crippen LogP contribution in [0.3, 0.4) is 0 Å². The van der Waals surface area contributed by atoms with Crippen molar-refractivity contribution in [3.8, 4) is 0 Å². The molecule has 0 bridgehead atoms. The maximum Gasteiger partial charge on any atom is 0.251 e. The second kappa shape index (κ2) is 10.4. The van der Waals surface area contributed by atoms with Crippen molar-refractivity contribution in [2.45, 2.75) is 23.9 Å². The van der Waals surface area contributed by atoms with Gasteiger partial charge in [0, 0.05) is 23.9 Å². The Morgan fingerprint density at radius 2 is 2.05 bits per heavy atom. The van der Waals surface area contributed by atoms with Gasteiger partial charge in [0.1, 0.15) is 6.33 Å². The number of hydrogen-bond donors (Lipinski definition) is 3. The molecule has 1 amide bonds. The Balaban J connectivity index is 0.00000220. The van der Waals surface area contributed by atoms with Crippen molar-refractivity contribution in [3.63, 3.8) is 0 Å². The third kappa shape index (κ3) is 6.23. The number of halogens is 2. The fourth-order valence-corrected chi connectivity index (χ4v) is 2.27. The van der Waals surface area contributed by atoms with E-state index in [0.29, 0.717) is 12.1 Å². The fourth-order valence-electron chi connectivity index (χ4n) is 1.53. The number of amides is 1. The normalized spacial score (nSPS) is 11.0. The van der Waals surface area contributed by atoms with Crippen LogP contribution in [0.4, 0.5) is 0 Å². The fraction of sp³-hybridized carbons (Fsp3) is 0.308. The van der Waals surface area contributed by atoms with Gasteiger partial charge in [-0.15, -0.1) is 24.8 Å². The van der Waals surface area contributed by atoms with Crippen LogP contribution in [0.15, 0.2) is 35.7 Å². The van der Waals surface area contributed by atoms with E-state index in [1.165, 1.54) is 6.33 Å². The summed E-state index contributed by atoms with van der Waals surface area (Å²) in [6.07, 6.45) is 1.48. The molecular weight excluding hydrogens is 345 g/mol. The average molecular weight is 364 g/mol. The van der Waals surface area contributed by atoms with Crippen LogP contribution in [0.2, 0.25) is 0 Å². The van der Waals surface area contributed by atoms with E-state index in [1.807, 2.05) is 31.2 Å². The summed E-state index contributed by atoms with van der Waals surface area (Å²) >= 11 is 1.56. The Morgan fingerprint density at radius 3 is 2.59 bits per heavy atom. The topological polar surface area (TPSA) is 96.7 Å². The zero-order valence-electron chi connectivity index (χ0n) is 12.0. The molecule has 0 saturated carbocycles. The quantitative estimate of drug-likeness (QED) is 0.682. The molecule has 0 unspecified atom stereocenters. The molecule has 0 spiro atoms. The molecule has 4 N–H and O–H groups in total. The number of benzene rings is 1. The number of carbonyl (C=O) groups is 1. The van der Waals surface area contributed by atoms with Crippen molar-refractivity contribution in [1.82, 2.24) is 20.5 Å². The van der Waals surface area contributed by atoms with Crippen LogP contribution in [-0.2, 0) is 5.75 Å². The van der Waals surface area contributed by atoms with E-state index in [2.05, 4.69) is 20.5 Å². The predicted octanol–water partition coefficient (Wildman–Crippen LogP) is 2.02. The van der Waals surface area contributed by atoms with E-state index in [4.69, 9.17) is 5.73 Å². The van der Waals surface area contributed by atoms with Crippen LogP contribution in [0.5, 0.6) is 0 Å². The van der Waals surface area contributed by atoms with Gasteiger partial charge in [0.2, 0.25) is 0 Å². The molecule has 1 atom stereocenters. The Hall–Kier alpha value is -1.28. The first kappa shape index (κ1) is 20.7. The van der Waals surface area contributed by atoms with Crippen molar-refractivity contribution in [2.24, 2.45) is 5.73 Å². The van der Waals surface area contributed by atoms with Crippen LogP contribution in [-0.4, -0.2) is 33.7 Å². The number of rotatable bonds is 6. The molecule has 0 radical (unpaired) electrons. The van der Waals surface area contributed by atoms with E-state index >= 15 is 0 Å². The number of thioether (sulfide) groups is 1. The summed E-state index contributed by atoms with van der Waals surface area (Å²) in [4.78, 5) is 15.9. The van der Waals surface area contributed by atoms with Crippen LogP contribution in [0, 0.1) is 0 Å². The molecule has 0 aliphatic heterocycles. The Morgan fingerprint density at radius 1 is 1.36 bits per heavy atom. The zero-order chi connectivity index (χ0) is 14.4. The lowest BCUT2D eigenvalue weighted by Gasteiger charge is -2.11. The highest BCUT2D eigenvalue weighted by Gasteiger charge is 2.08. The Kier molecular flexibility index (Phi) is 9.84. The third-order valence-corrected chi connectivity index (χ3v) is 3.66. The maximum atomic E-state index is 11.9. The smallest absolute Gasteiger partial charge is 0.251 e.